The Bertz CT molecular complexity index is 3120. The summed E-state index contributed by atoms with van der Waals surface area (Å²) in [6.07, 6.45) is -52.6. The van der Waals surface area contributed by atoms with Crippen LogP contribution in [-0.2, 0) is 76.3 Å². The van der Waals surface area contributed by atoms with E-state index in [9.17, 15) is 137 Å². The van der Waals surface area contributed by atoms with Gasteiger partial charge in [0.1, 0.15) is 30.5 Å². The van der Waals surface area contributed by atoms with Gasteiger partial charge in [-0.3, -0.25) is 33.6 Å². The molecule has 8 aliphatic carbocycles. The van der Waals surface area contributed by atoms with Gasteiger partial charge in [0, 0.05) is 40.7 Å². The van der Waals surface area contributed by atoms with Gasteiger partial charge in [-0.1, -0.05) is 13.2 Å². The number of carbonyl (C=O) groups is 9. The molecule has 12 fully saturated rings. The number of carboxylic acid groups (broad SMARTS) is 2. The fourth-order valence-corrected chi connectivity index (χ4v) is 14.6. The van der Waals surface area contributed by atoms with E-state index in [2.05, 4.69) is 28.7 Å². The van der Waals surface area contributed by atoms with Crippen LogP contribution >= 0.6 is 0 Å². The van der Waals surface area contributed by atoms with Crippen molar-refractivity contribution in [1.82, 2.24) is 0 Å². The molecule has 7 N–H and O–H groups in total. The Morgan fingerprint density at radius 3 is 1.14 bits per heavy atom. The van der Waals surface area contributed by atoms with Crippen molar-refractivity contribution in [3.8, 4) is 6.07 Å². The molecule has 24 nitrogen and oxygen atoms in total. The van der Waals surface area contributed by atoms with Gasteiger partial charge < -0.3 is 69.3 Å². The number of nitrogens with zero attached hydrogens (tertiary/aromatic N) is 1. The SMILES string of the molecule is C=C(C)C(=O)O.C=C(C)C(=O)OC1C2CC3C1OC(=O)C3(C(=O)OC(C(F)(F)F)C(F)(F)F)C2.N#CC12CC3CC1C(OC2=O)C3O.O=C(O)C12CC3CC1C(OC2=O)C3O.O=C1OC2C(O)C3CC2C1(C(=O)OC(C(F)(F)F)C(F)(F)F)C3.OC(C(F)(F)F)C(F)(F)F.[Na+].[OH-]. The number of ether oxygens (including phenoxy) is 7. The molecule has 96 heavy (non-hydrogen) atoms. The van der Waals surface area contributed by atoms with Gasteiger partial charge in [0.05, 0.1) is 24.4 Å². The van der Waals surface area contributed by atoms with Crippen molar-refractivity contribution in [2.75, 3.05) is 0 Å². The van der Waals surface area contributed by atoms with E-state index in [1.807, 2.05) is 0 Å². The standard InChI is InChI=1S/C16H14F6O6.C12H10F6O5.C9H9NO3.C9H10O5.C4H6O2.C3H2F6O.Na.H2O/c1-5(2)10(23)26-8-6-3-7-9(8)27-12(24)14(7,4-6)13(25)28-11(15(17,18)19)16(20,21)22;13-11(14,15)7(12(16,17)18)23-9(21)10-2-3-1-4(10)6(5(3)19)22-8(10)20;10-3-9-2-4-1-5(9)7(6(4)11)13-8(9)12;10-5-3-1-4-6(5)14-8(13)9(4,2-3)7(11)12;1-3(2)4(5)6;4-2(5,6)1(10)3(7,8)9;;/h6-9,11H,1,3-4H2,2H3;3-7,19H,1-2H2;4-7,11H,1-2H2;3-6,10H,1-2H2,(H,11,12);1H2,2H3,(H,5,6);1,10H;;1H2/q;;;;;;+1;/p-1. The van der Waals surface area contributed by atoms with Gasteiger partial charge in [-0.15, -0.1) is 0 Å². The van der Waals surface area contributed by atoms with E-state index in [4.69, 9.17) is 44.3 Å². The van der Waals surface area contributed by atoms with Crippen LogP contribution in [0.25, 0.3) is 0 Å². The Labute approximate surface area is 547 Å². The molecule has 0 spiro atoms. The summed E-state index contributed by atoms with van der Waals surface area (Å²) in [4.78, 5) is 104. The van der Waals surface area contributed by atoms with Crippen molar-refractivity contribution in [1.29, 1.82) is 5.26 Å². The number of aliphatic carboxylic acids is 2. The molecule has 4 saturated heterocycles. The summed E-state index contributed by atoms with van der Waals surface area (Å²) in [6.45, 7) is 9.36. The number of rotatable bonds is 8. The van der Waals surface area contributed by atoms with Gasteiger partial charge in [-0.05, 0) is 83.0 Å². The summed E-state index contributed by atoms with van der Waals surface area (Å²) in [5.41, 5.74) is -6.48. The molecule has 0 aromatic heterocycles. The summed E-state index contributed by atoms with van der Waals surface area (Å²) in [7, 11) is 0. The van der Waals surface area contributed by atoms with Crippen LogP contribution in [0, 0.1) is 80.3 Å². The summed E-state index contributed by atoms with van der Waals surface area (Å²) in [6, 6.07) is 2.08. The molecule has 0 aromatic rings. The number of alkyl halides is 18. The molecule has 4 aliphatic heterocycles. The molecule has 8 saturated carbocycles. The minimum absolute atomic E-state index is 0. The minimum Gasteiger partial charge on any atom is -0.870 e. The van der Waals surface area contributed by atoms with Crippen molar-refractivity contribution in [2.45, 2.75) is 169 Å². The van der Waals surface area contributed by atoms with Crippen LogP contribution in [0.15, 0.2) is 24.3 Å². The molecule has 43 heteroatoms. The Kier molecular flexibility index (Phi) is 22.4. The average Bonchev–Trinajstić information content (AvgIpc) is 1.56. The van der Waals surface area contributed by atoms with Crippen molar-refractivity contribution in [3.05, 3.63) is 24.3 Å². The molecule has 20 unspecified atom stereocenters. The van der Waals surface area contributed by atoms with Crippen LogP contribution in [0.4, 0.5) is 79.0 Å². The number of carboxylic acids is 2. The Balaban J connectivity index is 0.000000220. The molecular formula is C53H52F18NNaO23. The summed E-state index contributed by atoms with van der Waals surface area (Å²) in [5.74, 6) is -13.8. The normalized spacial score (nSPS) is 36.6. The molecule has 8 bridgehead atoms. The van der Waals surface area contributed by atoms with Crippen LogP contribution in [0.2, 0.25) is 0 Å². The zero-order valence-corrected chi connectivity index (χ0v) is 51.0. The zero-order valence-electron chi connectivity index (χ0n) is 49.0. The summed E-state index contributed by atoms with van der Waals surface area (Å²) >= 11 is 0. The number of nitriles is 1. The predicted molar refractivity (Wildman–Crippen MR) is 257 cm³/mol. The van der Waals surface area contributed by atoms with E-state index >= 15 is 0 Å². The Morgan fingerprint density at radius 1 is 0.510 bits per heavy atom. The maximum atomic E-state index is 12.7. The number of fused-ring (bicyclic) bond motifs is 4. The first-order valence-electron chi connectivity index (χ1n) is 27.4. The largest absolute Gasteiger partial charge is 1.00 e. The Morgan fingerprint density at radius 2 is 0.812 bits per heavy atom. The second-order valence-corrected chi connectivity index (χ2v) is 24.4. The molecule has 4 heterocycles. The average molecular weight is 1440 g/mol. The minimum atomic E-state index is -5.90. The van der Waals surface area contributed by atoms with Gasteiger partial charge in [0.15, 0.2) is 21.7 Å². The van der Waals surface area contributed by atoms with Crippen LogP contribution in [0.3, 0.4) is 0 Å². The van der Waals surface area contributed by atoms with Gasteiger partial charge in [0.25, 0.3) is 12.2 Å². The zero-order chi connectivity index (χ0) is 71.6. The molecule has 20 atom stereocenters. The van der Waals surface area contributed by atoms with Crippen LogP contribution in [0.1, 0.15) is 65.2 Å². The number of esters is 7. The van der Waals surface area contributed by atoms with Crippen molar-refractivity contribution >= 4 is 53.7 Å². The predicted octanol–water partition coefficient (Wildman–Crippen LogP) is 1.95. The van der Waals surface area contributed by atoms with Crippen LogP contribution in [-0.4, -0.2) is 194 Å². The third kappa shape index (κ3) is 13.8. The van der Waals surface area contributed by atoms with E-state index in [1.165, 1.54) is 13.8 Å². The van der Waals surface area contributed by atoms with Crippen LogP contribution in [0.5, 0.6) is 0 Å². The maximum absolute atomic E-state index is 12.7. The topological polar surface area (TPSA) is 393 Å². The maximum Gasteiger partial charge on any atom is 1.00 e. The first-order chi connectivity index (χ1) is 42.6. The van der Waals surface area contributed by atoms with Crippen LogP contribution < -0.4 is 29.6 Å². The van der Waals surface area contributed by atoms with Gasteiger partial charge in [0.2, 0.25) is 6.10 Å². The third-order valence-electron chi connectivity index (χ3n) is 18.9. The second-order valence-electron chi connectivity index (χ2n) is 24.4. The van der Waals surface area contributed by atoms with Gasteiger partial charge >= 0.3 is 120 Å². The van der Waals surface area contributed by atoms with E-state index in [-0.39, 0.29) is 95.5 Å². The van der Waals surface area contributed by atoms with Gasteiger partial charge in [-0.25, -0.2) is 9.59 Å². The fourth-order valence-electron chi connectivity index (χ4n) is 14.6. The molecule has 0 radical (unpaired) electrons. The molecule has 0 aromatic carbocycles. The monoisotopic (exact) mass is 1440 g/mol. The van der Waals surface area contributed by atoms with E-state index in [0.29, 0.717) is 12.8 Å². The van der Waals surface area contributed by atoms with E-state index < -0.39 is 210 Å². The fraction of sp³-hybridized carbons (Fsp3) is 0.736. The van der Waals surface area contributed by atoms with Crippen molar-refractivity contribution in [2.24, 2.45) is 69.0 Å². The first-order valence-corrected chi connectivity index (χ1v) is 27.4. The summed E-state index contributed by atoms with van der Waals surface area (Å²) in [5, 5.41) is 62.5. The molecule has 534 valence electrons. The first kappa shape index (κ1) is 80.4. The number of hydrogen-bond donors (Lipinski definition) is 6. The van der Waals surface area contributed by atoms with E-state index in [1.54, 1.807) is 0 Å². The Hall–Kier alpha value is -6.26. The molecular weight excluding hydrogens is 1380 g/mol. The number of carbonyl (C=O) groups excluding carboxylic acids is 7. The molecule has 12 aliphatic rings. The quantitative estimate of drug-likeness (QED) is 0.0505. The number of hydrogen-bond acceptors (Lipinski definition) is 22. The third-order valence-corrected chi connectivity index (χ3v) is 18.9. The second kappa shape index (κ2) is 26.8. The van der Waals surface area contributed by atoms with Crippen molar-refractivity contribution < 1.29 is 221 Å². The van der Waals surface area contributed by atoms with Crippen molar-refractivity contribution in [3.63, 3.8) is 0 Å². The number of halogens is 18. The van der Waals surface area contributed by atoms with E-state index in [0.717, 1.165) is 6.42 Å². The smallest absolute Gasteiger partial charge is 0.870 e. The summed E-state index contributed by atoms with van der Waals surface area (Å²) < 4.78 is 249. The molecule has 0 amide bonds. The number of aliphatic hydroxyl groups excluding tert-OH is 4. The molecule has 12 rings (SSSR count). The van der Waals surface area contributed by atoms with Gasteiger partial charge in [-0.2, -0.15) is 84.3 Å². The number of aliphatic hydroxyl groups is 4.